The fourth-order valence-corrected chi connectivity index (χ4v) is 5.49. The zero-order chi connectivity index (χ0) is 13.1. The maximum Gasteiger partial charge on any atom is 0.132 e. The Hall–Kier alpha value is -1.44. The molecule has 2 aromatic rings. The van der Waals surface area contributed by atoms with Crippen molar-refractivity contribution in [2.75, 3.05) is 0 Å². The summed E-state index contributed by atoms with van der Waals surface area (Å²) in [7, 11) is 0. The summed E-state index contributed by atoms with van der Waals surface area (Å²) in [4.78, 5) is 9.65. The van der Waals surface area contributed by atoms with Gasteiger partial charge in [-0.25, -0.2) is 9.97 Å². The predicted molar refractivity (Wildman–Crippen MR) is 79.3 cm³/mol. The minimum atomic E-state index is 0.646. The number of aromatic nitrogens is 2. The van der Waals surface area contributed by atoms with E-state index in [0.717, 1.165) is 35.0 Å². The minimum Gasteiger partial charge on any atom is -0.240 e. The molecular weight excluding hydrogens is 244 g/mol. The molecule has 0 amide bonds. The van der Waals surface area contributed by atoms with Gasteiger partial charge < -0.3 is 0 Å². The highest BCUT2D eigenvalue weighted by Crippen LogP contribution is 2.59. The summed E-state index contributed by atoms with van der Waals surface area (Å²) in [5, 5.41) is 1.17. The minimum absolute atomic E-state index is 0.646. The molecular formula is C18H20N2. The van der Waals surface area contributed by atoms with Gasteiger partial charge in [0.2, 0.25) is 0 Å². The molecule has 4 aliphatic carbocycles. The van der Waals surface area contributed by atoms with Crippen LogP contribution >= 0.6 is 0 Å². The SMILES string of the molecule is c1ccc2nc(C3C4CC5CC(C4)CC3C5)ncc2c1. The van der Waals surface area contributed by atoms with E-state index in [1.165, 1.54) is 37.5 Å². The molecule has 4 saturated carbocycles. The summed E-state index contributed by atoms with van der Waals surface area (Å²) in [6.45, 7) is 0. The second-order valence-corrected chi connectivity index (χ2v) is 7.24. The van der Waals surface area contributed by atoms with Crippen molar-refractivity contribution in [1.82, 2.24) is 9.97 Å². The molecule has 4 bridgehead atoms. The quantitative estimate of drug-likeness (QED) is 0.772. The van der Waals surface area contributed by atoms with Gasteiger partial charge in [-0.2, -0.15) is 0 Å². The van der Waals surface area contributed by atoms with Crippen molar-refractivity contribution in [2.45, 2.75) is 38.0 Å². The molecule has 0 radical (unpaired) electrons. The fraction of sp³-hybridized carbons (Fsp3) is 0.556. The largest absolute Gasteiger partial charge is 0.240 e. The van der Waals surface area contributed by atoms with Gasteiger partial charge in [0.1, 0.15) is 5.82 Å². The predicted octanol–water partition coefficient (Wildman–Crippen LogP) is 4.17. The first-order valence-electron chi connectivity index (χ1n) is 8.08. The van der Waals surface area contributed by atoms with Gasteiger partial charge in [-0.3, -0.25) is 0 Å². The zero-order valence-electron chi connectivity index (χ0n) is 11.7. The number of fused-ring (bicyclic) bond motifs is 1. The Bertz CT molecular complexity index is 635. The van der Waals surface area contributed by atoms with Crippen molar-refractivity contribution in [3.8, 4) is 0 Å². The van der Waals surface area contributed by atoms with Gasteiger partial charge in [-0.15, -0.1) is 0 Å². The van der Waals surface area contributed by atoms with Gasteiger partial charge in [0.05, 0.1) is 5.52 Å². The lowest BCUT2D eigenvalue weighted by Gasteiger charge is -2.53. The first-order valence-corrected chi connectivity index (χ1v) is 8.08. The average molecular weight is 264 g/mol. The van der Waals surface area contributed by atoms with Gasteiger partial charge in [0, 0.05) is 17.5 Å². The molecule has 2 heteroatoms. The van der Waals surface area contributed by atoms with Crippen molar-refractivity contribution >= 4 is 10.9 Å². The van der Waals surface area contributed by atoms with Crippen LogP contribution in [0.5, 0.6) is 0 Å². The van der Waals surface area contributed by atoms with Crippen LogP contribution in [0.1, 0.15) is 43.8 Å². The Kier molecular flexibility index (Phi) is 2.27. The Labute approximate surface area is 119 Å². The smallest absolute Gasteiger partial charge is 0.132 e. The van der Waals surface area contributed by atoms with Gasteiger partial charge >= 0.3 is 0 Å². The van der Waals surface area contributed by atoms with Crippen LogP contribution in [0.3, 0.4) is 0 Å². The van der Waals surface area contributed by atoms with Crippen LogP contribution in [0.4, 0.5) is 0 Å². The van der Waals surface area contributed by atoms with Crippen LogP contribution in [0.15, 0.2) is 30.5 Å². The second-order valence-electron chi connectivity index (χ2n) is 7.24. The molecule has 4 fully saturated rings. The van der Waals surface area contributed by atoms with Crippen LogP contribution in [0.2, 0.25) is 0 Å². The normalized spacial score (nSPS) is 38.5. The number of nitrogens with zero attached hydrogens (tertiary/aromatic N) is 2. The first kappa shape index (κ1) is 11.2. The van der Waals surface area contributed by atoms with Crippen LogP contribution in [0.25, 0.3) is 10.9 Å². The highest BCUT2D eigenvalue weighted by atomic mass is 14.9. The zero-order valence-corrected chi connectivity index (χ0v) is 11.7. The molecule has 6 rings (SSSR count). The Morgan fingerprint density at radius 3 is 2.30 bits per heavy atom. The maximum absolute atomic E-state index is 4.91. The van der Waals surface area contributed by atoms with Crippen LogP contribution < -0.4 is 0 Å². The molecule has 0 N–H and O–H groups in total. The number of para-hydroxylation sites is 1. The van der Waals surface area contributed by atoms with E-state index in [-0.39, 0.29) is 0 Å². The highest BCUT2D eigenvalue weighted by Gasteiger charge is 2.49. The van der Waals surface area contributed by atoms with Crippen LogP contribution in [-0.4, -0.2) is 9.97 Å². The standard InChI is InChI=1S/C18H20N2/c1-2-4-16-13(3-1)10-19-18(20-16)17-14-6-11-5-12(8-14)9-15(17)7-11/h1-4,10-12,14-15,17H,5-9H2. The molecule has 1 aromatic heterocycles. The van der Waals surface area contributed by atoms with Crippen molar-refractivity contribution in [2.24, 2.45) is 23.7 Å². The molecule has 0 spiro atoms. The van der Waals surface area contributed by atoms with E-state index in [1.807, 2.05) is 6.20 Å². The summed E-state index contributed by atoms with van der Waals surface area (Å²) < 4.78 is 0. The summed E-state index contributed by atoms with van der Waals surface area (Å²) in [5.74, 6) is 5.56. The molecule has 20 heavy (non-hydrogen) atoms. The van der Waals surface area contributed by atoms with Gasteiger partial charge in [-0.05, 0) is 61.8 Å². The van der Waals surface area contributed by atoms with Gasteiger partial charge in [0.25, 0.3) is 0 Å². The third kappa shape index (κ3) is 1.57. The molecule has 2 nitrogen and oxygen atoms in total. The molecule has 1 heterocycles. The third-order valence-corrected chi connectivity index (χ3v) is 6.03. The summed E-state index contributed by atoms with van der Waals surface area (Å²) in [6, 6.07) is 8.37. The lowest BCUT2D eigenvalue weighted by atomic mass is 9.51. The molecule has 4 aliphatic rings. The lowest BCUT2D eigenvalue weighted by Crippen LogP contribution is -2.44. The molecule has 102 valence electrons. The van der Waals surface area contributed by atoms with Crippen molar-refractivity contribution in [1.29, 1.82) is 0 Å². The maximum atomic E-state index is 4.91. The number of hydrogen-bond acceptors (Lipinski definition) is 2. The number of benzene rings is 1. The topological polar surface area (TPSA) is 25.8 Å². The molecule has 0 unspecified atom stereocenters. The van der Waals surface area contributed by atoms with E-state index < -0.39 is 0 Å². The Balaban J connectivity index is 1.57. The van der Waals surface area contributed by atoms with Gasteiger partial charge in [-0.1, -0.05) is 18.2 Å². The summed E-state index contributed by atoms with van der Waals surface area (Å²) >= 11 is 0. The molecule has 0 atom stereocenters. The monoisotopic (exact) mass is 264 g/mol. The average Bonchev–Trinajstić information content (AvgIpc) is 2.46. The van der Waals surface area contributed by atoms with Crippen molar-refractivity contribution < 1.29 is 0 Å². The summed E-state index contributed by atoms with van der Waals surface area (Å²) in [6.07, 6.45) is 9.30. The van der Waals surface area contributed by atoms with E-state index in [2.05, 4.69) is 24.3 Å². The van der Waals surface area contributed by atoms with Crippen LogP contribution in [0, 0.1) is 23.7 Å². The van der Waals surface area contributed by atoms with Gasteiger partial charge in [0.15, 0.2) is 0 Å². The van der Waals surface area contributed by atoms with Crippen LogP contribution in [-0.2, 0) is 0 Å². The first-order chi connectivity index (χ1) is 9.87. The Morgan fingerprint density at radius 2 is 1.55 bits per heavy atom. The third-order valence-electron chi connectivity index (χ3n) is 6.03. The molecule has 1 aromatic carbocycles. The van der Waals surface area contributed by atoms with Crippen molar-refractivity contribution in [3.05, 3.63) is 36.3 Å². The Morgan fingerprint density at radius 1 is 0.850 bits per heavy atom. The molecule has 0 saturated heterocycles. The molecule has 0 aliphatic heterocycles. The van der Waals surface area contributed by atoms with E-state index in [9.17, 15) is 0 Å². The summed E-state index contributed by atoms with van der Waals surface area (Å²) in [5.41, 5.74) is 1.12. The van der Waals surface area contributed by atoms with E-state index in [1.54, 1.807) is 0 Å². The van der Waals surface area contributed by atoms with Crippen molar-refractivity contribution in [3.63, 3.8) is 0 Å². The number of rotatable bonds is 1. The fourth-order valence-electron chi connectivity index (χ4n) is 5.49. The van der Waals surface area contributed by atoms with E-state index in [4.69, 9.17) is 9.97 Å². The van der Waals surface area contributed by atoms with E-state index in [0.29, 0.717) is 5.92 Å². The van der Waals surface area contributed by atoms with E-state index >= 15 is 0 Å². The highest BCUT2D eigenvalue weighted by molar-refractivity contribution is 5.77. The number of hydrogen-bond donors (Lipinski definition) is 0. The second kappa shape index (κ2) is 4.03. The lowest BCUT2D eigenvalue weighted by molar-refractivity contribution is -0.00553.